The SMILES string of the molecule is CCOC(C)Cc1cccc(NCCCN2CCOc3ccccc32)c1. The summed E-state index contributed by atoms with van der Waals surface area (Å²) in [5.74, 6) is 1.00. The Morgan fingerprint density at radius 1 is 1.19 bits per heavy atom. The molecule has 1 N–H and O–H groups in total. The number of rotatable bonds is 9. The maximum Gasteiger partial charge on any atom is 0.142 e. The van der Waals surface area contributed by atoms with Gasteiger partial charge in [0.1, 0.15) is 12.4 Å². The zero-order chi connectivity index (χ0) is 18.2. The predicted molar refractivity (Wildman–Crippen MR) is 108 cm³/mol. The molecule has 4 heteroatoms. The van der Waals surface area contributed by atoms with Crippen LogP contribution in [0.2, 0.25) is 0 Å². The largest absolute Gasteiger partial charge is 0.490 e. The Morgan fingerprint density at radius 3 is 2.96 bits per heavy atom. The number of anilines is 2. The Labute approximate surface area is 157 Å². The number of nitrogens with one attached hydrogen (secondary N) is 1. The van der Waals surface area contributed by atoms with E-state index in [1.165, 1.54) is 16.9 Å². The van der Waals surface area contributed by atoms with E-state index < -0.39 is 0 Å². The first-order valence-corrected chi connectivity index (χ1v) is 9.67. The molecule has 2 aromatic carbocycles. The van der Waals surface area contributed by atoms with E-state index >= 15 is 0 Å². The van der Waals surface area contributed by atoms with Crippen LogP contribution in [0.5, 0.6) is 5.75 Å². The monoisotopic (exact) mass is 354 g/mol. The Kier molecular flexibility index (Phi) is 6.78. The van der Waals surface area contributed by atoms with Gasteiger partial charge in [0.2, 0.25) is 0 Å². The molecule has 1 heterocycles. The molecule has 0 saturated carbocycles. The summed E-state index contributed by atoms with van der Waals surface area (Å²) < 4.78 is 11.4. The van der Waals surface area contributed by atoms with Crippen LogP contribution in [-0.4, -0.2) is 39.0 Å². The van der Waals surface area contributed by atoms with Crippen LogP contribution in [0.3, 0.4) is 0 Å². The highest BCUT2D eigenvalue weighted by atomic mass is 16.5. The summed E-state index contributed by atoms with van der Waals surface area (Å²) >= 11 is 0. The van der Waals surface area contributed by atoms with E-state index in [4.69, 9.17) is 9.47 Å². The van der Waals surface area contributed by atoms with Gasteiger partial charge in [-0.1, -0.05) is 24.3 Å². The van der Waals surface area contributed by atoms with E-state index in [1.54, 1.807) is 0 Å². The summed E-state index contributed by atoms with van der Waals surface area (Å²) in [4.78, 5) is 2.42. The lowest BCUT2D eigenvalue weighted by molar-refractivity contribution is 0.0768. The Balaban J connectivity index is 1.46. The van der Waals surface area contributed by atoms with Crippen LogP contribution >= 0.6 is 0 Å². The van der Waals surface area contributed by atoms with Crippen molar-refractivity contribution in [1.29, 1.82) is 0 Å². The molecule has 0 amide bonds. The van der Waals surface area contributed by atoms with Crippen molar-refractivity contribution in [2.45, 2.75) is 32.8 Å². The molecule has 2 aromatic rings. The van der Waals surface area contributed by atoms with Crippen molar-refractivity contribution in [3.05, 3.63) is 54.1 Å². The normalized spacial score (nSPS) is 14.5. The fourth-order valence-corrected chi connectivity index (χ4v) is 3.45. The highest BCUT2D eigenvalue weighted by Gasteiger charge is 2.16. The van der Waals surface area contributed by atoms with Crippen molar-refractivity contribution >= 4 is 11.4 Å². The standard InChI is InChI=1S/C22H30N2O2/c1-3-25-18(2)16-19-8-6-9-20(17-19)23-12-7-13-24-14-15-26-22-11-5-4-10-21(22)24/h4-6,8-11,17-18,23H,3,7,12-16H2,1-2H3. The molecular weight excluding hydrogens is 324 g/mol. The molecule has 0 bridgehead atoms. The van der Waals surface area contributed by atoms with Gasteiger partial charge in [-0.05, 0) is 56.5 Å². The molecule has 1 aliphatic heterocycles. The quantitative estimate of drug-likeness (QED) is 0.679. The lowest BCUT2D eigenvalue weighted by Crippen LogP contribution is -2.34. The molecule has 4 nitrogen and oxygen atoms in total. The van der Waals surface area contributed by atoms with Crippen molar-refractivity contribution in [3.8, 4) is 5.75 Å². The molecule has 1 aliphatic rings. The summed E-state index contributed by atoms with van der Waals surface area (Å²) in [6.07, 6.45) is 2.30. The van der Waals surface area contributed by atoms with Crippen LogP contribution in [0.1, 0.15) is 25.8 Å². The van der Waals surface area contributed by atoms with Gasteiger partial charge >= 0.3 is 0 Å². The van der Waals surface area contributed by atoms with E-state index in [0.717, 1.165) is 51.4 Å². The lowest BCUT2D eigenvalue weighted by Gasteiger charge is -2.31. The van der Waals surface area contributed by atoms with E-state index in [-0.39, 0.29) is 6.10 Å². The molecule has 0 spiro atoms. The molecule has 0 fully saturated rings. The first-order chi connectivity index (χ1) is 12.8. The third-order valence-electron chi connectivity index (χ3n) is 4.66. The molecule has 26 heavy (non-hydrogen) atoms. The zero-order valence-corrected chi connectivity index (χ0v) is 15.9. The van der Waals surface area contributed by atoms with Crippen LogP contribution in [0.25, 0.3) is 0 Å². The minimum atomic E-state index is 0.261. The molecule has 0 saturated heterocycles. The van der Waals surface area contributed by atoms with Gasteiger partial charge < -0.3 is 19.7 Å². The number of hydrogen-bond donors (Lipinski definition) is 1. The highest BCUT2D eigenvalue weighted by Crippen LogP contribution is 2.30. The van der Waals surface area contributed by atoms with Gasteiger partial charge in [0.15, 0.2) is 0 Å². The second kappa shape index (κ2) is 9.48. The maximum atomic E-state index is 5.72. The van der Waals surface area contributed by atoms with Crippen LogP contribution in [0, 0.1) is 0 Å². The van der Waals surface area contributed by atoms with E-state index in [1.807, 2.05) is 13.0 Å². The number of para-hydroxylation sites is 2. The minimum Gasteiger partial charge on any atom is -0.490 e. The molecule has 0 radical (unpaired) electrons. The van der Waals surface area contributed by atoms with Crippen LogP contribution in [0.4, 0.5) is 11.4 Å². The fraction of sp³-hybridized carbons (Fsp3) is 0.455. The van der Waals surface area contributed by atoms with Crippen molar-refractivity contribution < 1.29 is 9.47 Å². The van der Waals surface area contributed by atoms with E-state index in [2.05, 4.69) is 59.6 Å². The van der Waals surface area contributed by atoms with Crippen molar-refractivity contribution in [2.75, 3.05) is 43.1 Å². The summed E-state index contributed by atoms with van der Waals surface area (Å²) in [5.41, 5.74) is 3.72. The second-order valence-corrected chi connectivity index (χ2v) is 6.75. The van der Waals surface area contributed by atoms with Crippen LogP contribution < -0.4 is 15.0 Å². The number of nitrogens with zero attached hydrogens (tertiary/aromatic N) is 1. The van der Waals surface area contributed by atoms with Crippen LogP contribution in [-0.2, 0) is 11.2 Å². The summed E-state index contributed by atoms with van der Waals surface area (Å²) in [5, 5.41) is 3.56. The van der Waals surface area contributed by atoms with Gasteiger partial charge in [0.05, 0.1) is 18.3 Å². The third-order valence-corrected chi connectivity index (χ3v) is 4.66. The van der Waals surface area contributed by atoms with Crippen molar-refractivity contribution in [2.24, 2.45) is 0 Å². The van der Waals surface area contributed by atoms with E-state index in [9.17, 15) is 0 Å². The van der Waals surface area contributed by atoms with Gasteiger partial charge in [0.25, 0.3) is 0 Å². The highest BCUT2D eigenvalue weighted by molar-refractivity contribution is 5.59. The number of hydrogen-bond acceptors (Lipinski definition) is 4. The average Bonchev–Trinajstić information content (AvgIpc) is 2.66. The second-order valence-electron chi connectivity index (χ2n) is 6.75. The first kappa shape index (κ1) is 18.6. The van der Waals surface area contributed by atoms with Gasteiger partial charge in [-0.3, -0.25) is 0 Å². The molecule has 0 aromatic heterocycles. The molecular formula is C22H30N2O2. The smallest absolute Gasteiger partial charge is 0.142 e. The number of ether oxygens (including phenoxy) is 2. The Hall–Kier alpha value is -2.20. The Bertz CT molecular complexity index is 689. The topological polar surface area (TPSA) is 33.7 Å². The summed E-state index contributed by atoms with van der Waals surface area (Å²) in [6.45, 7) is 8.67. The molecule has 1 atom stereocenters. The average molecular weight is 354 g/mol. The van der Waals surface area contributed by atoms with Gasteiger partial charge in [-0.25, -0.2) is 0 Å². The molecule has 3 rings (SSSR count). The van der Waals surface area contributed by atoms with Crippen LogP contribution in [0.15, 0.2) is 48.5 Å². The number of benzene rings is 2. The first-order valence-electron chi connectivity index (χ1n) is 9.67. The zero-order valence-electron chi connectivity index (χ0n) is 15.9. The van der Waals surface area contributed by atoms with Crippen molar-refractivity contribution in [1.82, 2.24) is 0 Å². The Morgan fingerprint density at radius 2 is 2.08 bits per heavy atom. The van der Waals surface area contributed by atoms with Gasteiger partial charge in [0, 0.05) is 25.4 Å². The predicted octanol–water partition coefficient (Wildman–Crippen LogP) is 4.36. The number of fused-ring (bicyclic) bond motifs is 1. The summed E-state index contributed by atoms with van der Waals surface area (Å²) in [6, 6.07) is 17.0. The van der Waals surface area contributed by atoms with Gasteiger partial charge in [-0.2, -0.15) is 0 Å². The minimum absolute atomic E-state index is 0.261. The molecule has 0 aliphatic carbocycles. The van der Waals surface area contributed by atoms with Gasteiger partial charge in [-0.15, -0.1) is 0 Å². The fourth-order valence-electron chi connectivity index (χ4n) is 3.45. The van der Waals surface area contributed by atoms with Crippen molar-refractivity contribution in [3.63, 3.8) is 0 Å². The third kappa shape index (κ3) is 5.15. The molecule has 1 unspecified atom stereocenters. The summed E-state index contributed by atoms with van der Waals surface area (Å²) in [7, 11) is 0. The van der Waals surface area contributed by atoms with E-state index in [0.29, 0.717) is 0 Å². The molecule has 140 valence electrons. The maximum absolute atomic E-state index is 5.72. The lowest BCUT2D eigenvalue weighted by atomic mass is 10.1.